The number of aromatic nitrogens is 5. The molecule has 8 nitrogen and oxygen atoms in total. The van der Waals surface area contributed by atoms with Gasteiger partial charge in [-0.05, 0) is 33.2 Å². The highest BCUT2D eigenvalue weighted by Gasteiger charge is 2.24. The highest BCUT2D eigenvalue weighted by atomic mass is 16.5. The molecule has 1 aliphatic heterocycles. The van der Waals surface area contributed by atoms with Crippen molar-refractivity contribution in [2.75, 3.05) is 13.1 Å². The standard InChI is InChI=1S/C19H24N6O2/c1-3-24-18(15-5-4-10-20-11-15)22-25(19(24)26)12-16-21-17(23-27-16)14-8-6-13(2)7-9-14/h6-9,15,20H,3-5,10-12H2,1-2H3. The van der Waals surface area contributed by atoms with Gasteiger partial charge in [0.1, 0.15) is 12.4 Å². The van der Waals surface area contributed by atoms with Crippen molar-refractivity contribution in [2.24, 2.45) is 0 Å². The van der Waals surface area contributed by atoms with Crippen LogP contribution < -0.4 is 11.0 Å². The van der Waals surface area contributed by atoms with E-state index in [1.165, 1.54) is 10.2 Å². The predicted octanol–water partition coefficient (Wildman–Crippen LogP) is 1.94. The molecule has 1 aliphatic rings. The van der Waals surface area contributed by atoms with Gasteiger partial charge in [-0.2, -0.15) is 10.1 Å². The van der Waals surface area contributed by atoms with Crippen LogP contribution in [-0.4, -0.2) is 37.6 Å². The van der Waals surface area contributed by atoms with Crippen molar-refractivity contribution in [1.29, 1.82) is 0 Å². The molecule has 2 aromatic heterocycles. The largest absolute Gasteiger partial charge is 0.346 e. The van der Waals surface area contributed by atoms with Gasteiger partial charge in [0.05, 0.1) is 0 Å². The van der Waals surface area contributed by atoms with E-state index < -0.39 is 0 Å². The van der Waals surface area contributed by atoms with Gasteiger partial charge in [0, 0.05) is 24.6 Å². The zero-order chi connectivity index (χ0) is 18.8. The van der Waals surface area contributed by atoms with Gasteiger partial charge in [-0.1, -0.05) is 35.0 Å². The number of hydrogen-bond donors (Lipinski definition) is 1. The molecular formula is C19H24N6O2. The van der Waals surface area contributed by atoms with Crippen molar-refractivity contribution in [3.05, 3.63) is 52.0 Å². The van der Waals surface area contributed by atoms with Crippen molar-refractivity contribution in [3.63, 3.8) is 0 Å². The number of hydrogen-bond acceptors (Lipinski definition) is 6. The summed E-state index contributed by atoms with van der Waals surface area (Å²) in [6.07, 6.45) is 2.14. The van der Waals surface area contributed by atoms with Crippen molar-refractivity contribution in [2.45, 2.75) is 45.7 Å². The molecule has 0 spiro atoms. The summed E-state index contributed by atoms with van der Waals surface area (Å²) >= 11 is 0. The predicted molar refractivity (Wildman–Crippen MR) is 101 cm³/mol. The lowest BCUT2D eigenvalue weighted by Crippen LogP contribution is -2.31. The van der Waals surface area contributed by atoms with E-state index in [2.05, 4.69) is 20.6 Å². The van der Waals surface area contributed by atoms with Crippen LogP contribution in [0.3, 0.4) is 0 Å². The van der Waals surface area contributed by atoms with Gasteiger partial charge >= 0.3 is 5.69 Å². The normalized spacial score (nSPS) is 17.3. The Morgan fingerprint density at radius 1 is 1.30 bits per heavy atom. The molecule has 1 saturated heterocycles. The summed E-state index contributed by atoms with van der Waals surface area (Å²) in [5, 5.41) is 12.0. The molecule has 3 aromatic rings. The van der Waals surface area contributed by atoms with Crippen molar-refractivity contribution in [3.8, 4) is 11.4 Å². The lowest BCUT2D eigenvalue weighted by atomic mass is 9.99. The van der Waals surface area contributed by atoms with Crippen molar-refractivity contribution in [1.82, 2.24) is 29.8 Å². The molecule has 0 aliphatic carbocycles. The van der Waals surface area contributed by atoms with Crippen LogP contribution >= 0.6 is 0 Å². The lowest BCUT2D eigenvalue weighted by molar-refractivity contribution is 0.363. The maximum atomic E-state index is 12.7. The fraction of sp³-hybridized carbons (Fsp3) is 0.474. The average Bonchev–Trinajstić information content (AvgIpc) is 3.28. The molecule has 0 bridgehead atoms. The third-order valence-corrected chi connectivity index (χ3v) is 4.99. The van der Waals surface area contributed by atoms with Gasteiger partial charge in [-0.3, -0.25) is 4.57 Å². The van der Waals surface area contributed by atoms with Crippen molar-refractivity contribution < 1.29 is 4.52 Å². The van der Waals surface area contributed by atoms with Crippen LogP contribution in [0.2, 0.25) is 0 Å². The Morgan fingerprint density at radius 2 is 2.11 bits per heavy atom. The van der Waals surface area contributed by atoms with E-state index in [0.717, 1.165) is 37.3 Å². The van der Waals surface area contributed by atoms with E-state index in [1.807, 2.05) is 38.1 Å². The number of piperidine rings is 1. The monoisotopic (exact) mass is 368 g/mol. The number of aryl methyl sites for hydroxylation is 1. The van der Waals surface area contributed by atoms with Gasteiger partial charge in [0.2, 0.25) is 11.7 Å². The molecule has 27 heavy (non-hydrogen) atoms. The first-order chi connectivity index (χ1) is 13.2. The van der Waals surface area contributed by atoms with E-state index in [-0.39, 0.29) is 18.2 Å². The Morgan fingerprint density at radius 3 is 2.81 bits per heavy atom. The van der Waals surface area contributed by atoms with Crippen LogP contribution in [0.25, 0.3) is 11.4 Å². The second-order valence-corrected chi connectivity index (χ2v) is 6.96. The second kappa shape index (κ2) is 7.48. The Balaban J connectivity index is 1.58. The van der Waals surface area contributed by atoms with Crippen LogP contribution in [0.5, 0.6) is 0 Å². The summed E-state index contributed by atoms with van der Waals surface area (Å²) in [5.41, 5.74) is 1.92. The quantitative estimate of drug-likeness (QED) is 0.740. The first kappa shape index (κ1) is 17.7. The van der Waals surface area contributed by atoms with E-state index in [1.54, 1.807) is 4.57 Å². The Bertz CT molecular complexity index is 963. The molecule has 1 fully saturated rings. The average molecular weight is 368 g/mol. The summed E-state index contributed by atoms with van der Waals surface area (Å²) in [6, 6.07) is 7.92. The smallest absolute Gasteiger partial charge is 0.337 e. The molecule has 142 valence electrons. The second-order valence-electron chi connectivity index (χ2n) is 6.96. The fourth-order valence-corrected chi connectivity index (χ4v) is 3.50. The highest BCUT2D eigenvalue weighted by Crippen LogP contribution is 2.21. The Kier molecular flexibility index (Phi) is 4.89. The van der Waals surface area contributed by atoms with Gasteiger partial charge in [-0.25, -0.2) is 9.48 Å². The first-order valence-corrected chi connectivity index (χ1v) is 9.43. The molecule has 1 N–H and O–H groups in total. The van der Waals surface area contributed by atoms with Crippen LogP contribution in [0.15, 0.2) is 33.6 Å². The summed E-state index contributed by atoms with van der Waals surface area (Å²) in [4.78, 5) is 17.2. The van der Waals surface area contributed by atoms with Crippen LogP contribution in [-0.2, 0) is 13.1 Å². The summed E-state index contributed by atoms with van der Waals surface area (Å²) in [7, 11) is 0. The molecule has 4 rings (SSSR count). The molecule has 3 heterocycles. The molecule has 1 aromatic carbocycles. The molecule has 0 saturated carbocycles. The minimum absolute atomic E-state index is 0.131. The van der Waals surface area contributed by atoms with Gasteiger partial charge in [0.25, 0.3) is 0 Å². The SMILES string of the molecule is CCn1c(C2CCCNC2)nn(Cc2nc(-c3ccc(C)cc3)no2)c1=O. The van der Waals surface area contributed by atoms with E-state index in [4.69, 9.17) is 4.52 Å². The summed E-state index contributed by atoms with van der Waals surface area (Å²) in [6.45, 7) is 6.66. The minimum atomic E-state index is -0.131. The van der Waals surface area contributed by atoms with Gasteiger partial charge in [-0.15, -0.1) is 0 Å². The van der Waals surface area contributed by atoms with Crippen LogP contribution in [0.4, 0.5) is 0 Å². The van der Waals surface area contributed by atoms with Gasteiger partial charge < -0.3 is 9.84 Å². The van der Waals surface area contributed by atoms with Crippen molar-refractivity contribution >= 4 is 0 Å². The Labute approximate surface area is 157 Å². The zero-order valence-corrected chi connectivity index (χ0v) is 15.7. The lowest BCUT2D eigenvalue weighted by Gasteiger charge is -2.21. The number of nitrogens with one attached hydrogen (secondary N) is 1. The van der Waals surface area contributed by atoms with E-state index >= 15 is 0 Å². The van der Waals surface area contributed by atoms with Crippen LogP contribution in [0.1, 0.15) is 43.0 Å². The minimum Gasteiger partial charge on any atom is -0.337 e. The van der Waals surface area contributed by atoms with Gasteiger partial charge in [0.15, 0.2) is 0 Å². The summed E-state index contributed by atoms with van der Waals surface area (Å²) in [5.74, 6) is 2.00. The number of nitrogens with zero attached hydrogens (tertiary/aromatic N) is 5. The molecular weight excluding hydrogens is 344 g/mol. The van der Waals surface area contributed by atoms with E-state index in [0.29, 0.717) is 18.3 Å². The number of benzene rings is 1. The molecule has 1 atom stereocenters. The maximum absolute atomic E-state index is 12.7. The molecule has 8 heteroatoms. The maximum Gasteiger partial charge on any atom is 0.346 e. The van der Waals surface area contributed by atoms with E-state index in [9.17, 15) is 4.79 Å². The Hall–Kier alpha value is -2.74. The molecule has 1 unspecified atom stereocenters. The third kappa shape index (κ3) is 3.57. The zero-order valence-electron chi connectivity index (χ0n) is 15.7. The first-order valence-electron chi connectivity index (χ1n) is 9.43. The molecule has 0 radical (unpaired) electrons. The topological polar surface area (TPSA) is 90.8 Å². The summed E-state index contributed by atoms with van der Waals surface area (Å²) < 4.78 is 8.53. The number of rotatable bonds is 5. The third-order valence-electron chi connectivity index (χ3n) is 4.99. The fourth-order valence-electron chi connectivity index (χ4n) is 3.50. The highest BCUT2D eigenvalue weighted by molar-refractivity contribution is 5.54. The van der Waals surface area contributed by atoms with Crippen LogP contribution in [0, 0.1) is 6.92 Å². The molecule has 0 amide bonds.